The van der Waals surface area contributed by atoms with E-state index in [1.54, 1.807) is 36.3 Å². The van der Waals surface area contributed by atoms with Gasteiger partial charge < -0.3 is 15.0 Å². The number of nitrogens with zero attached hydrogens (tertiary/aromatic N) is 2. The van der Waals surface area contributed by atoms with Gasteiger partial charge in [0, 0.05) is 39.0 Å². The number of aryl methyl sites for hydroxylation is 1. The lowest BCUT2D eigenvalue weighted by Gasteiger charge is -2.32. The van der Waals surface area contributed by atoms with Crippen molar-refractivity contribution < 1.29 is 22.7 Å². The van der Waals surface area contributed by atoms with Crippen molar-refractivity contribution >= 4 is 21.8 Å². The Balaban J connectivity index is 1.35. The zero-order chi connectivity index (χ0) is 33.1. The fourth-order valence-corrected chi connectivity index (χ4v) is 7.39. The Kier molecular flexibility index (Phi) is 11.8. The van der Waals surface area contributed by atoms with Gasteiger partial charge in [-0.1, -0.05) is 84.9 Å². The van der Waals surface area contributed by atoms with E-state index in [4.69, 9.17) is 4.74 Å². The zero-order valence-electron chi connectivity index (χ0n) is 26.9. The van der Waals surface area contributed by atoms with Crippen LogP contribution in [0.15, 0.2) is 114 Å². The maximum Gasteiger partial charge on any atom is 0.243 e. The van der Waals surface area contributed by atoms with Crippen LogP contribution in [0.25, 0.3) is 0 Å². The lowest BCUT2D eigenvalue weighted by molar-refractivity contribution is -0.141. The molecule has 8 nitrogen and oxygen atoms in total. The van der Waals surface area contributed by atoms with Crippen LogP contribution in [0, 0.1) is 0 Å². The molecule has 1 atom stereocenters. The number of hydrogen-bond donors (Lipinski definition) is 1. The minimum absolute atomic E-state index is 0.159. The molecule has 0 radical (unpaired) electrons. The number of nitrogens with one attached hydrogen (secondary N) is 1. The molecule has 1 aliphatic heterocycles. The Bertz CT molecular complexity index is 1690. The molecular weight excluding hydrogens is 611 g/mol. The molecule has 9 heteroatoms. The van der Waals surface area contributed by atoms with Crippen LogP contribution in [0.4, 0.5) is 0 Å². The highest BCUT2D eigenvalue weighted by Gasteiger charge is 2.30. The summed E-state index contributed by atoms with van der Waals surface area (Å²) in [4.78, 5) is 29.9. The first-order valence-corrected chi connectivity index (χ1v) is 17.6. The second kappa shape index (κ2) is 16.4. The van der Waals surface area contributed by atoms with Crippen LogP contribution in [0.2, 0.25) is 0 Å². The molecule has 1 N–H and O–H groups in total. The van der Waals surface area contributed by atoms with E-state index < -0.39 is 16.1 Å². The van der Waals surface area contributed by atoms with Crippen LogP contribution in [0.5, 0.6) is 5.75 Å². The first-order valence-electron chi connectivity index (χ1n) is 16.2. The molecule has 0 aromatic heterocycles. The van der Waals surface area contributed by atoms with Crippen LogP contribution < -0.4 is 10.1 Å². The summed E-state index contributed by atoms with van der Waals surface area (Å²) in [6.07, 6.45) is 3.38. The highest BCUT2D eigenvalue weighted by atomic mass is 32.2. The Morgan fingerprint density at radius 3 is 1.96 bits per heavy atom. The number of rotatable bonds is 15. The second-order valence-corrected chi connectivity index (χ2v) is 13.8. The summed E-state index contributed by atoms with van der Waals surface area (Å²) in [6.45, 7) is 1.80. The van der Waals surface area contributed by atoms with Crippen molar-refractivity contribution in [3.8, 4) is 5.75 Å². The molecule has 5 rings (SSSR count). The lowest BCUT2D eigenvalue weighted by atomic mass is 10.0. The number of ether oxygens (including phenoxy) is 1. The van der Waals surface area contributed by atoms with Crippen molar-refractivity contribution in [2.75, 3.05) is 26.7 Å². The lowest BCUT2D eigenvalue weighted by Crippen LogP contribution is -2.50. The molecule has 246 valence electrons. The molecule has 0 spiro atoms. The fraction of sp³-hybridized carbons (Fsp3) is 0.316. The van der Waals surface area contributed by atoms with E-state index in [1.165, 1.54) is 4.31 Å². The molecule has 1 fully saturated rings. The largest absolute Gasteiger partial charge is 0.497 e. The van der Waals surface area contributed by atoms with E-state index in [1.807, 2.05) is 84.9 Å². The van der Waals surface area contributed by atoms with Crippen LogP contribution in [0.3, 0.4) is 0 Å². The summed E-state index contributed by atoms with van der Waals surface area (Å²) in [5.41, 5.74) is 3.82. The van der Waals surface area contributed by atoms with Crippen LogP contribution in [-0.4, -0.2) is 62.2 Å². The Hall–Kier alpha value is -4.47. The van der Waals surface area contributed by atoms with Gasteiger partial charge in [0.15, 0.2) is 0 Å². The summed E-state index contributed by atoms with van der Waals surface area (Å²) < 4.78 is 32.8. The molecule has 0 aliphatic carbocycles. The van der Waals surface area contributed by atoms with E-state index in [9.17, 15) is 18.0 Å². The summed E-state index contributed by atoms with van der Waals surface area (Å²) in [5.74, 6) is 0.346. The molecule has 2 amide bonds. The number of benzene rings is 4. The molecule has 4 aromatic rings. The third-order valence-corrected chi connectivity index (χ3v) is 10.5. The topological polar surface area (TPSA) is 96.0 Å². The molecule has 0 bridgehead atoms. The molecule has 0 saturated carbocycles. The van der Waals surface area contributed by atoms with Gasteiger partial charge in [0.05, 0.1) is 12.0 Å². The number of amides is 2. The third kappa shape index (κ3) is 9.30. The molecular formula is C38H43N3O5S. The summed E-state index contributed by atoms with van der Waals surface area (Å²) >= 11 is 0. The smallest absolute Gasteiger partial charge is 0.243 e. The van der Waals surface area contributed by atoms with Crippen molar-refractivity contribution in [2.24, 2.45) is 0 Å². The number of carbonyl (C=O) groups excluding carboxylic acids is 2. The quantitative estimate of drug-likeness (QED) is 0.185. The number of hydrogen-bond acceptors (Lipinski definition) is 5. The highest BCUT2D eigenvalue weighted by molar-refractivity contribution is 7.89. The van der Waals surface area contributed by atoms with E-state index in [0.717, 1.165) is 35.1 Å². The van der Waals surface area contributed by atoms with E-state index >= 15 is 0 Å². The summed E-state index contributed by atoms with van der Waals surface area (Å²) in [5, 5.41) is 3.09. The van der Waals surface area contributed by atoms with Crippen molar-refractivity contribution in [3.63, 3.8) is 0 Å². The summed E-state index contributed by atoms with van der Waals surface area (Å²) in [6, 6.07) is 33.3. The van der Waals surface area contributed by atoms with Crippen molar-refractivity contribution in [1.82, 2.24) is 14.5 Å². The zero-order valence-corrected chi connectivity index (χ0v) is 27.7. The molecule has 0 unspecified atom stereocenters. The van der Waals surface area contributed by atoms with Gasteiger partial charge in [0.1, 0.15) is 11.8 Å². The van der Waals surface area contributed by atoms with Gasteiger partial charge in [-0.15, -0.1) is 0 Å². The minimum Gasteiger partial charge on any atom is -0.497 e. The fourth-order valence-electron chi connectivity index (χ4n) is 5.87. The van der Waals surface area contributed by atoms with Gasteiger partial charge in [-0.2, -0.15) is 4.31 Å². The third-order valence-electron chi connectivity index (χ3n) is 8.59. The van der Waals surface area contributed by atoms with E-state index in [2.05, 4.69) is 5.32 Å². The van der Waals surface area contributed by atoms with Crippen molar-refractivity contribution in [1.29, 1.82) is 0 Å². The standard InChI is InChI=1S/C38H43N3O5S/c1-46-34-19-14-33(15-20-34)29-41(37(42)23-18-31-16-21-35(22-17-31)47(44,45)40-26-8-9-27-40)36(28-32-12-6-3-7-13-32)38(43)39-25-24-30-10-4-2-5-11-30/h2-7,10-17,19-22,36H,8-9,18,23-29H2,1H3,(H,39,43)/t36-/m1/s1. The van der Waals surface area contributed by atoms with Gasteiger partial charge in [-0.3, -0.25) is 9.59 Å². The monoisotopic (exact) mass is 653 g/mol. The molecule has 47 heavy (non-hydrogen) atoms. The normalized spacial score (nSPS) is 14.0. The summed E-state index contributed by atoms with van der Waals surface area (Å²) in [7, 11) is -1.91. The number of carbonyl (C=O) groups is 2. The van der Waals surface area contributed by atoms with Gasteiger partial charge in [-0.25, -0.2) is 8.42 Å². The van der Waals surface area contributed by atoms with E-state index in [-0.39, 0.29) is 29.7 Å². The minimum atomic E-state index is -3.51. The van der Waals surface area contributed by atoms with Gasteiger partial charge >= 0.3 is 0 Å². The van der Waals surface area contributed by atoms with Gasteiger partial charge in [0.25, 0.3) is 0 Å². The first-order chi connectivity index (χ1) is 22.8. The van der Waals surface area contributed by atoms with Gasteiger partial charge in [0.2, 0.25) is 21.8 Å². The predicted octanol–water partition coefficient (Wildman–Crippen LogP) is 5.41. The Morgan fingerprint density at radius 1 is 0.766 bits per heavy atom. The maximum atomic E-state index is 14.1. The first kappa shape index (κ1) is 33.9. The van der Waals surface area contributed by atoms with Gasteiger partial charge in [-0.05, 0) is 72.2 Å². The average molecular weight is 654 g/mol. The van der Waals surface area contributed by atoms with Crippen molar-refractivity contribution in [3.05, 3.63) is 131 Å². The van der Waals surface area contributed by atoms with Crippen LogP contribution in [-0.2, 0) is 45.4 Å². The predicted molar refractivity (Wildman–Crippen MR) is 183 cm³/mol. The number of methoxy groups -OCH3 is 1. The van der Waals surface area contributed by atoms with Crippen LogP contribution >= 0.6 is 0 Å². The molecule has 1 saturated heterocycles. The maximum absolute atomic E-state index is 14.1. The van der Waals surface area contributed by atoms with Crippen molar-refractivity contribution in [2.45, 2.75) is 56.0 Å². The molecule has 1 heterocycles. The number of sulfonamides is 1. The molecule has 1 aliphatic rings. The second-order valence-electron chi connectivity index (χ2n) is 11.9. The average Bonchev–Trinajstić information content (AvgIpc) is 3.67. The Morgan fingerprint density at radius 2 is 1.34 bits per heavy atom. The SMILES string of the molecule is COc1ccc(CN(C(=O)CCc2ccc(S(=O)(=O)N3CCCC3)cc2)[C@H](Cc2ccccc2)C(=O)NCCc2ccccc2)cc1. The van der Waals surface area contributed by atoms with E-state index in [0.29, 0.717) is 44.6 Å². The Labute approximate surface area is 278 Å². The molecule has 4 aromatic carbocycles. The van der Waals surface area contributed by atoms with Crippen LogP contribution in [0.1, 0.15) is 41.5 Å². The highest BCUT2D eigenvalue weighted by Crippen LogP contribution is 2.23.